The Kier molecular flexibility index (Phi) is 14.3. The molecule has 1 rings (SSSR count). The molecule has 0 aromatic rings. The van der Waals surface area contributed by atoms with Crippen molar-refractivity contribution in [2.24, 2.45) is 17.8 Å². The molecule has 1 aliphatic rings. The number of hydrogen-bond acceptors (Lipinski definition) is 6. The summed E-state index contributed by atoms with van der Waals surface area (Å²) < 4.78 is 5.30. The Bertz CT molecular complexity index is 459. The zero-order chi connectivity index (χ0) is 22.5. The van der Waals surface area contributed by atoms with Gasteiger partial charge in [0.1, 0.15) is 0 Å². The van der Waals surface area contributed by atoms with Crippen LogP contribution >= 0.6 is 11.8 Å². The molecule has 0 radical (unpaired) electrons. The fourth-order valence-corrected chi connectivity index (χ4v) is 5.61. The van der Waals surface area contributed by atoms with E-state index in [9.17, 15) is 20.1 Å². The molecule has 178 valence electrons. The predicted molar refractivity (Wildman–Crippen MR) is 125 cm³/mol. The maximum Gasteiger partial charge on any atom is 0.308 e. The van der Waals surface area contributed by atoms with Crippen LogP contribution in [0.1, 0.15) is 91.9 Å². The van der Waals surface area contributed by atoms with Crippen LogP contribution in [-0.2, 0) is 9.53 Å². The number of hydrogen-bond donors (Lipinski definition) is 3. The minimum atomic E-state index is -0.492. The molecule has 0 saturated heterocycles. The summed E-state index contributed by atoms with van der Waals surface area (Å²) in [5, 5.41) is 31.0. The number of ether oxygens (including phenoxy) is 1. The highest BCUT2D eigenvalue weighted by Crippen LogP contribution is 2.39. The molecule has 0 bridgehead atoms. The van der Waals surface area contributed by atoms with Crippen molar-refractivity contribution in [3.8, 4) is 0 Å². The molecule has 5 nitrogen and oxygen atoms in total. The number of aliphatic hydroxyl groups excluding tert-OH is 3. The van der Waals surface area contributed by atoms with E-state index in [4.69, 9.17) is 4.74 Å². The van der Waals surface area contributed by atoms with Crippen LogP contribution in [0.15, 0.2) is 0 Å². The van der Waals surface area contributed by atoms with Gasteiger partial charge in [-0.1, -0.05) is 66.2 Å². The third-order valence-corrected chi connectivity index (χ3v) is 7.66. The van der Waals surface area contributed by atoms with Gasteiger partial charge in [0.25, 0.3) is 0 Å². The summed E-state index contributed by atoms with van der Waals surface area (Å²) in [5.41, 5.74) is 0. The van der Waals surface area contributed by atoms with Crippen LogP contribution in [0.25, 0.3) is 0 Å². The lowest BCUT2D eigenvalue weighted by molar-refractivity contribution is -0.149. The highest BCUT2D eigenvalue weighted by molar-refractivity contribution is 8.00. The highest BCUT2D eigenvalue weighted by Gasteiger charge is 2.41. The van der Waals surface area contributed by atoms with Crippen LogP contribution in [0, 0.1) is 17.8 Å². The van der Waals surface area contributed by atoms with Crippen molar-refractivity contribution in [3.05, 3.63) is 0 Å². The Morgan fingerprint density at radius 3 is 2.40 bits per heavy atom. The number of thioether (sulfide) groups is 1. The van der Waals surface area contributed by atoms with Gasteiger partial charge in [0, 0.05) is 17.4 Å². The SMILES string of the molecule is CCCCCC(O)CS[C@H]1C(O)CC(O)[C@@H]1CCCCCC(C)C(=O)OCC(C)C. The van der Waals surface area contributed by atoms with Crippen molar-refractivity contribution in [1.82, 2.24) is 0 Å². The Balaban J connectivity index is 2.28. The lowest BCUT2D eigenvalue weighted by Gasteiger charge is -2.24. The lowest BCUT2D eigenvalue weighted by Crippen LogP contribution is -2.27. The minimum Gasteiger partial charge on any atom is -0.465 e. The maximum atomic E-state index is 11.9. The standard InChI is InChI=1S/C24H46O5S/c1-5-6-8-12-19(25)16-30-23-20(21(26)14-22(23)27)13-10-7-9-11-18(4)24(28)29-15-17(2)3/h17-23,25-27H,5-16H2,1-4H3/t18?,19?,20-,21?,22?,23+/m0/s1. The van der Waals surface area contributed by atoms with Gasteiger partial charge in [-0.05, 0) is 31.1 Å². The molecule has 0 heterocycles. The van der Waals surface area contributed by atoms with Crippen molar-refractivity contribution in [3.63, 3.8) is 0 Å². The van der Waals surface area contributed by atoms with Crippen LogP contribution < -0.4 is 0 Å². The topological polar surface area (TPSA) is 87.0 Å². The molecule has 4 unspecified atom stereocenters. The quantitative estimate of drug-likeness (QED) is 0.238. The molecule has 0 spiro atoms. The number of esters is 1. The summed E-state index contributed by atoms with van der Waals surface area (Å²) in [6, 6.07) is 0. The van der Waals surface area contributed by atoms with Crippen LogP contribution in [-0.4, -0.2) is 57.2 Å². The van der Waals surface area contributed by atoms with Crippen LogP contribution in [0.2, 0.25) is 0 Å². The average molecular weight is 447 g/mol. The van der Waals surface area contributed by atoms with Crippen molar-refractivity contribution in [1.29, 1.82) is 0 Å². The molecule has 30 heavy (non-hydrogen) atoms. The number of aliphatic hydroxyl groups is 3. The smallest absolute Gasteiger partial charge is 0.308 e. The average Bonchev–Trinajstić information content (AvgIpc) is 2.96. The second kappa shape index (κ2) is 15.5. The van der Waals surface area contributed by atoms with Gasteiger partial charge in [-0.25, -0.2) is 0 Å². The third kappa shape index (κ3) is 10.8. The molecule has 6 heteroatoms. The first-order chi connectivity index (χ1) is 14.3. The maximum absolute atomic E-state index is 11.9. The lowest BCUT2D eigenvalue weighted by atomic mass is 9.95. The number of carbonyl (C=O) groups excluding carboxylic acids is 1. The Labute approximate surface area is 188 Å². The van der Waals surface area contributed by atoms with Gasteiger partial charge >= 0.3 is 5.97 Å². The summed E-state index contributed by atoms with van der Waals surface area (Å²) in [4.78, 5) is 11.9. The molecule has 0 aromatic heterocycles. The van der Waals surface area contributed by atoms with E-state index >= 15 is 0 Å². The summed E-state index contributed by atoms with van der Waals surface area (Å²) in [6.07, 6.45) is 7.98. The zero-order valence-electron chi connectivity index (χ0n) is 19.6. The molecule has 3 N–H and O–H groups in total. The Hall–Kier alpha value is -0.300. The number of carbonyl (C=O) groups is 1. The third-order valence-electron chi connectivity index (χ3n) is 6.04. The van der Waals surface area contributed by atoms with Crippen molar-refractivity contribution >= 4 is 17.7 Å². The fourth-order valence-electron chi connectivity index (χ4n) is 4.10. The van der Waals surface area contributed by atoms with Crippen molar-refractivity contribution in [2.45, 2.75) is 115 Å². The predicted octanol–water partition coefficient (Wildman–Crippen LogP) is 4.56. The Morgan fingerprint density at radius 1 is 1.03 bits per heavy atom. The van der Waals surface area contributed by atoms with Gasteiger partial charge in [-0.15, -0.1) is 0 Å². The summed E-state index contributed by atoms with van der Waals surface area (Å²) >= 11 is 1.63. The molecular weight excluding hydrogens is 400 g/mol. The summed E-state index contributed by atoms with van der Waals surface area (Å²) in [5.74, 6) is 0.899. The van der Waals surface area contributed by atoms with E-state index in [2.05, 4.69) is 6.92 Å². The van der Waals surface area contributed by atoms with Gasteiger partial charge in [-0.2, -0.15) is 11.8 Å². The highest BCUT2D eigenvalue weighted by atomic mass is 32.2. The van der Waals surface area contributed by atoms with E-state index < -0.39 is 12.2 Å². The van der Waals surface area contributed by atoms with Crippen molar-refractivity contribution < 1.29 is 24.9 Å². The monoisotopic (exact) mass is 446 g/mol. The normalized spacial score (nSPS) is 26.1. The summed E-state index contributed by atoms with van der Waals surface area (Å²) in [6.45, 7) is 8.63. The second-order valence-corrected chi connectivity index (χ2v) is 10.8. The molecule has 0 amide bonds. The zero-order valence-corrected chi connectivity index (χ0v) is 20.4. The van der Waals surface area contributed by atoms with E-state index in [1.54, 1.807) is 11.8 Å². The molecule has 0 aliphatic heterocycles. The van der Waals surface area contributed by atoms with E-state index in [1.165, 1.54) is 0 Å². The molecule has 1 saturated carbocycles. The molecule has 1 fully saturated rings. The van der Waals surface area contributed by atoms with E-state index in [0.717, 1.165) is 57.8 Å². The van der Waals surface area contributed by atoms with Crippen LogP contribution in [0.5, 0.6) is 0 Å². The summed E-state index contributed by atoms with van der Waals surface area (Å²) in [7, 11) is 0. The van der Waals surface area contributed by atoms with Crippen LogP contribution in [0.3, 0.4) is 0 Å². The van der Waals surface area contributed by atoms with Gasteiger partial charge in [0.05, 0.1) is 30.8 Å². The minimum absolute atomic E-state index is 0.00533. The van der Waals surface area contributed by atoms with Crippen LogP contribution in [0.4, 0.5) is 0 Å². The first-order valence-corrected chi connectivity index (χ1v) is 13.1. The second-order valence-electron chi connectivity index (χ2n) is 9.54. The van der Waals surface area contributed by atoms with E-state index in [1.807, 2.05) is 20.8 Å². The molecule has 6 atom stereocenters. The number of unbranched alkanes of at least 4 members (excludes halogenated alkanes) is 4. The first kappa shape index (κ1) is 27.7. The van der Waals surface area contributed by atoms with Gasteiger partial charge in [-0.3, -0.25) is 4.79 Å². The Morgan fingerprint density at radius 2 is 1.73 bits per heavy atom. The fraction of sp³-hybridized carbons (Fsp3) is 0.958. The van der Waals surface area contributed by atoms with Crippen molar-refractivity contribution in [2.75, 3.05) is 12.4 Å². The van der Waals surface area contributed by atoms with E-state index in [0.29, 0.717) is 24.7 Å². The molecule has 1 aliphatic carbocycles. The first-order valence-electron chi connectivity index (χ1n) is 12.1. The van der Waals surface area contributed by atoms with Gasteiger partial charge in [0.15, 0.2) is 0 Å². The largest absolute Gasteiger partial charge is 0.465 e. The van der Waals surface area contributed by atoms with E-state index in [-0.39, 0.29) is 29.2 Å². The molecular formula is C24H46O5S. The number of rotatable bonds is 16. The molecule has 0 aromatic carbocycles. The van der Waals surface area contributed by atoms with Gasteiger partial charge in [0.2, 0.25) is 0 Å². The van der Waals surface area contributed by atoms with Gasteiger partial charge < -0.3 is 20.1 Å².